The van der Waals surface area contributed by atoms with Crippen LogP contribution in [0.25, 0.3) is 0 Å². The van der Waals surface area contributed by atoms with Crippen LogP contribution in [0.2, 0.25) is 0 Å². The van der Waals surface area contributed by atoms with Crippen molar-refractivity contribution in [3.8, 4) is 0 Å². The summed E-state index contributed by atoms with van der Waals surface area (Å²) in [6.07, 6.45) is 45.4. The maximum Gasteiger partial charge on any atom is 0.306 e. The Morgan fingerprint density at radius 2 is 0.500 bits per heavy atom. The summed E-state index contributed by atoms with van der Waals surface area (Å²) in [5.41, 5.74) is 0. The second-order valence-corrected chi connectivity index (χ2v) is 16.4. The highest BCUT2D eigenvalue weighted by Crippen LogP contribution is 2.16. The van der Waals surface area contributed by atoms with Crippen molar-refractivity contribution in [2.75, 3.05) is 13.2 Å². The van der Waals surface area contributed by atoms with Gasteiger partial charge in [0.25, 0.3) is 0 Å². The molecule has 0 aromatic carbocycles. The van der Waals surface area contributed by atoms with Crippen molar-refractivity contribution in [2.24, 2.45) is 0 Å². The maximum absolute atomic E-state index is 12.7. The van der Waals surface area contributed by atoms with Crippen LogP contribution < -0.4 is 0 Å². The lowest BCUT2D eigenvalue weighted by atomic mass is 10.0. The van der Waals surface area contributed by atoms with Crippen LogP contribution in [0.4, 0.5) is 0 Å². The van der Waals surface area contributed by atoms with Gasteiger partial charge in [-0.15, -0.1) is 0 Å². The molecule has 0 saturated heterocycles. The summed E-state index contributed by atoms with van der Waals surface area (Å²) in [4.78, 5) is 37.6. The predicted molar refractivity (Wildman–Crippen MR) is 229 cm³/mol. The Kier molecular flexibility index (Phi) is 42.8. The highest BCUT2D eigenvalue weighted by molar-refractivity contribution is 5.71. The van der Waals surface area contributed by atoms with Crippen LogP contribution in [0.15, 0.2) is 0 Å². The molecule has 0 aromatic rings. The maximum atomic E-state index is 12.7. The van der Waals surface area contributed by atoms with Crippen LogP contribution in [-0.4, -0.2) is 37.2 Å². The molecule has 0 N–H and O–H groups in total. The van der Waals surface area contributed by atoms with Crippen LogP contribution in [0.3, 0.4) is 0 Å². The number of esters is 3. The lowest BCUT2D eigenvalue weighted by Crippen LogP contribution is -2.30. The fourth-order valence-electron chi connectivity index (χ4n) is 7.21. The summed E-state index contributed by atoms with van der Waals surface area (Å²) in [7, 11) is 0. The molecule has 0 heterocycles. The molecular weight excluding hydrogens is 673 g/mol. The van der Waals surface area contributed by atoms with Gasteiger partial charge in [-0.3, -0.25) is 14.4 Å². The fraction of sp³-hybridized carbons (Fsp3) is 0.938. The van der Waals surface area contributed by atoms with E-state index < -0.39 is 6.10 Å². The van der Waals surface area contributed by atoms with Gasteiger partial charge in [-0.25, -0.2) is 0 Å². The van der Waals surface area contributed by atoms with E-state index in [1.54, 1.807) is 0 Å². The molecule has 0 aliphatic rings. The minimum atomic E-state index is -0.757. The molecule has 1 atom stereocenters. The van der Waals surface area contributed by atoms with Crippen LogP contribution in [0.5, 0.6) is 0 Å². The number of hydrogen-bond donors (Lipinski definition) is 0. The Balaban J connectivity index is 4.15. The highest BCUT2D eigenvalue weighted by Gasteiger charge is 2.19. The number of carbonyl (C=O) groups is 3. The molecule has 54 heavy (non-hydrogen) atoms. The van der Waals surface area contributed by atoms with Gasteiger partial charge in [0.15, 0.2) is 6.10 Å². The van der Waals surface area contributed by atoms with E-state index in [0.717, 1.165) is 57.8 Å². The quantitative estimate of drug-likeness (QED) is 0.0349. The Hall–Kier alpha value is -1.59. The van der Waals surface area contributed by atoms with Crippen LogP contribution in [0, 0.1) is 0 Å². The Labute approximate surface area is 336 Å². The van der Waals surface area contributed by atoms with E-state index in [2.05, 4.69) is 20.8 Å². The second-order valence-electron chi connectivity index (χ2n) is 16.4. The minimum absolute atomic E-state index is 0.0631. The molecule has 6 heteroatoms. The van der Waals surface area contributed by atoms with E-state index in [1.807, 2.05) is 0 Å². The second kappa shape index (κ2) is 44.1. The number of ether oxygens (including phenoxy) is 3. The van der Waals surface area contributed by atoms with Gasteiger partial charge in [0, 0.05) is 19.3 Å². The third-order valence-corrected chi connectivity index (χ3v) is 10.9. The van der Waals surface area contributed by atoms with Crippen LogP contribution >= 0.6 is 0 Å². The number of hydrogen-bond acceptors (Lipinski definition) is 6. The van der Waals surface area contributed by atoms with Crippen molar-refractivity contribution in [3.05, 3.63) is 0 Å². The molecule has 0 radical (unpaired) electrons. The normalized spacial score (nSPS) is 11.8. The van der Waals surface area contributed by atoms with Crippen molar-refractivity contribution >= 4 is 17.9 Å². The lowest BCUT2D eigenvalue weighted by Gasteiger charge is -2.18. The van der Waals surface area contributed by atoms with Gasteiger partial charge in [-0.05, 0) is 19.3 Å². The average molecular weight is 765 g/mol. The van der Waals surface area contributed by atoms with Gasteiger partial charge in [0.2, 0.25) is 0 Å². The number of unbranched alkanes of at least 4 members (excludes halogenated alkanes) is 33. The van der Waals surface area contributed by atoms with Crippen LogP contribution in [0.1, 0.15) is 271 Å². The van der Waals surface area contributed by atoms with Crippen molar-refractivity contribution in [2.45, 2.75) is 277 Å². The van der Waals surface area contributed by atoms with Gasteiger partial charge in [0.1, 0.15) is 13.2 Å². The Bertz CT molecular complexity index is 798. The summed E-state index contributed by atoms with van der Waals surface area (Å²) in [5.74, 6) is -0.858. The summed E-state index contributed by atoms with van der Waals surface area (Å²) >= 11 is 0. The Morgan fingerprint density at radius 3 is 0.741 bits per heavy atom. The van der Waals surface area contributed by atoms with Crippen molar-refractivity contribution < 1.29 is 28.6 Å². The molecule has 0 saturated carbocycles. The largest absolute Gasteiger partial charge is 0.462 e. The Morgan fingerprint density at radius 1 is 0.296 bits per heavy atom. The molecule has 0 spiro atoms. The fourth-order valence-corrected chi connectivity index (χ4v) is 7.21. The van der Waals surface area contributed by atoms with E-state index in [-0.39, 0.29) is 31.1 Å². The number of rotatable bonds is 44. The van der Waals surface area contributed by atoms with Gasteiger partial charge >= 0.3 is 17.9 Å². The molecule has 0 aliphatic carbocycles. The molecule has 0 aliphatic heterocycles. The third-order valence-electron chi connectivity index (χ3n) is 10.9. The average Bonchev–Trinajstić information content (AvgIpc) is 3.17. The molecule has 0 amide bonds. The smallest absolute Gasteiger partial charge is 0.306 e. The van der Waals surface area contributed by atoms with Crippen molar-refractivity contribution in [1.82, 2.24) is 0 Å². The van der Waals surface area contributed by atoms with Gasteiger partial charge in [-0.2, -0.15) is 0 Å². The molecule has 6 nitrogen and oxygen atoms in total. The summed E-state index contributed by atoms with van der Waals surface area (Å²) in [6, 6.07) is 0. The van der Waals surface area contributed by atoms with Gasteiger partial charge < -0.3 is 14.2 Å². The zero-order valence-corrected chi connectivity index (χ0v) is 36.5. The molecule has 1 unspecified atom stereocenters. The molecule has 0 rings (SSSR count). The van der Waals surface area contributed by atoms with E-state index in [4.69, 9.17) is 14.2 Å². The van der Waals surface area contributed by atoms with E-state index in [0.29, 0.717) is 19.3 Å². The highest BCUT2D eigenvalue weighted by atomic mass is 16.6. The van der Waals surface area contributed by atoms with Crippen LogP contribution in [-0.2, 0) is 28.6 Å². The molecule has 0 bridgehead atoms. The third kappa shape index (κ3) is 41.6. The first kappa shape index (κ1) is 52.4. The van der Waals surface area contributed by atoms with Gasteiger partial charge in [-0.1, -0.05) is 233 Å². The first-order valence-electron chi connectivity index (χ1n) is 24.0. The van der Waals surface area contributed by atoms with E-state index in [9.17, 15) is 14.4 Å². The summed E-state index contributed by atoms with van der Waals surface area (Å²) in [6.45, 7) is 6.61. The molecular formula is C48H92O6. The summed E-state index contributed by atoms with van der Waals surface area (Å²) in [5, 5.41) is 0. The zero-order chi connectivity index (χ0) is 39.4. The first-order valence-corrected chi connectivity index (χ1v) is 24.0. The standard InChI is InChI=1S/C48H92O6/c1-4-7-10-13-16-18-20-22-23-24-25-26-27-29-30-32-35-38-41-47(50)53-44-45(43-52-46(49)40-37-34-15-12-9-6-3)54-48(51)42-39-36-33-31-28-21-19-17-14-11-8-5-2/h45H,4-44H2,1-3H3. The van der Waals surface area contributed by atoms with E-state index in [1.165, 1.54) is 173 Å². The monoisotopic (exact) mass is 765 g/mol. The molecule has 320 valence electrons. The SMILES string of the molecule is CCCCCCCCCCCCCCCCCCCCC(=O)OCC(COC(=O)CCCCCCCC)OC(=O)CCCCCCCCCCCCCC. The topological polar surface area (TPSA) is 78.9 Å². The van der Waals surface area contributed by atoms with Gasteiger partial charge in [0.05, 0.1) is 0 Å². The molecule has 0 fully saturated rings. The molecule has 0 aromatic heterocycles. The zero-order valence-electron chi connectivity index (χ0n) is 36.5. The van der Waals surface area contributed by atoms with Crippen molar-refractivity contribution in [3.63, 3.8) is 0 Å². The van der Waals surface area contributed by atoms with E-state index >= 15 is 0 Å². The van der Waals surface area contributed by atoms with Crippen molar-refractivity contribution in [1.29, 1.82) is 0 Å². The summed E-state index contributed by atoms with van der Waals surface area (Å²) < 4.78 is 16.7. The predicted octanol–water partition coefficient (Wildman–Crippen LogP) is 15.3. The minimum Gasteiger partial charge on any atom is -0.462 e. The lowest BCUT2D eigenvalue weighted by molar-refractivity contribution is -0.167. The number of carbonyl (C=O) groups excluding carboxylic acids is 3. The first-order chi connectivity index (χ1) is 26.5.